The molecule has 0 radical (unpaired) electrons. The van der Waals surface area contributed by atoms with Crippen LogP contribution in [-0.4, -0.2) is 16.2 Å². The smallest absolute Gasteiger partial charge is 0.405 e. The third-order valence-electron chi connectivity index (χ3n) is 2.58. The number of nitrogens with one attached hydrogen (secondary N) is 1. The summed E-state index contributed by atoms with van der Waals surface area (Å²) in [7, 11) is 0. The van der Waals surface area contributed by atoms with Crippen LogP contribution in [0.15, 0.2) is 28.7 Å². The van der Waals surface area contributed by atoms with Crippen LogP contribution in [0.3, 0.4) is 0 Å². The molecule has 4 nitrogen and oxygen atoms in total. The first-order valence-corrected chi connectivity index (χ1v) is 6.40. The van der Waals surface area contributed by atoms with E-state index >= 15 is 0 Å². The maximum absolute atomic E-state index is 10.6. The van der Waals surface area contributed by atoms with Gasteiger partial charge in [0.1, 0.15) is 5.15 Å². The molecule has 18 heavy (non-hydrogen) atoms. The molecule has 2 rings (SSSR count). The lowest BCUT2D eigenvalue weighted by Gasteiger charge is -2.14. The van der Waals surface area contributed by atoms with Crippen LogP contribution in [0.5, 0.6) is 0 Å². The van der Waals surface area contributed by atoms with Gasteiger partial charge in [0.2, 0.25) is 0 Å². The Bertz CT molecular complexity index is 618. The van der Waals surface area contributed by atoms with Gasteiger partial charge in [-0.05, 0) is 35.0 Å². The summed E-state index contributed by atoms with van der Waals surface area (Å²) in [5, 5.41) is 12.3. The summed E-state index contributed by atoms with van der Waals surface area (Å²) in [5.41, 5.74) is 1.42. The molecule has 0 aliphatic carbocycles. The fraction of sp³-hybridized carbons (Fsp3) is 0.167. The monoisotopic (exact) mass is 328 g/mol. The van der Waals surface area contributed by atoms with Crippen molar-refractivity contribution in [2.75, 3.05) is 0 Å². The second kappa shape index (κ2) is 5.12. The lowest BCUT2D eigenvalue weighted by Crippen LogP contribution is -2.24. The number of benzene rings is 1. The first kappa shape index (κ1) is 13.1. The lowest BCUT2D eigenvalue weighted by atomic mass is 10.1. The van der Waals surface area contributed by atoms with Gasteiger partial charge in [-0.2, -0.15) is 0 Å². The van der Waals surface area contributed by atoms with E-state index in [1.807, 2.05) is 24.3 Å². The topological polar surface area (TPSA) is 62.2 Å². The van der Waals surface area contributed by atoms with Crippen LogP contribution >= 0.6 is 27.5 Å². The van der Waals surface area contributed by atoms with Crippen molar-refractivity contribution in [3.05, 3.63) is 39.5 Å². The molecule has 1 heterocycles. The highest BCUT2D eigenvalue weighted by atomic mass is 79.9. The van der Waals surface area contributed by atoms with Crippen molar-refractivity contribution < 1.29 is 9.90 Å². The zero-order valence-electron chi connectivity index (χ0n) is 9.45. The molecule has 1 aromatic carbocycles. The Morgan fingerprint density at radius 1 is 1.56 bits per heavy atom. The summed E-state index contributed by atoms with van der Waals surface area (Å²) in [4.78, 5) is 14.9. The Morgan fingerprint density at radius 2 is 2.28 bits per heavy atom. The molecule has 1 unspecified atom stereocenters. The largest absolute Gasteiger partial charge is 0.465 e. The van der Waals surface area contributed by atoms with E-state index < -0.39 is 12.1 Å². The van der Waals surface area contributed by atoms with Gasteiger partial charge in [-0.1, -0.05) is 23.7 Å². The minimum atomic E-state index is -1.09. The van der Waals surface area contributed by atoms with E-state index in [2.05, 4.69) is 26.2 Å². The van der Waals surface area contributed by atoms with Crippen molar-refractivity contribution in [2.45, 2.75) is 13.0 Å². The number of hydrogen-bond donors (Lipinski definition) is 2. The molecule has 0 saturated heterocycles. The number of hydrogen-bond acceptors (Lipinski definition) is 2. The van der Waals surface area contributed by atoms with Crippen LogP contribution in [-0.2, 0) is 0 Å². The van der Waals surface area contributed by atoms with Crippen LogP contribution in [0, 0.1) is 0 Å². The van der Waals surface area contributed by atoms with E-state index in [1.165, 1.54) is 0 Å². The number of halogens is 2. The molecule has 1 amide bonds. The number of aromatic nitrogens is 1. The van der Waals surface area contributed by atoms with Crippen molar-refractivity contribution in [1.82, 2.24) is 10.3 Å². The maximum atomic E-state index is 10.6. The van der Waals surface area contributed by atoms with Crippen LogP contribution in [0.4, 0.5) is 4.79 Å². The van der Waals surface area contributed by atoms with Gasteiger partial charge < -0.3 is 10.4 Å². The Kier molecular flexibility index (Phi) is 3.73. The van der Waals surface area contributed by atoms with E-state index in [9.17, 15) is 4.79 Å². The Labute approximate surface area is 117 Å². The highest BCUT2D eigenvalue weighted by Crippen LogP contribution is 2.29. The van der Waals surface area contributed by atoms with E-state index in [4.69, 9.17) is 16.7 Å². The number of rotatable bonds is 2. The number of nitrogens with zero attached hydrogens (tertiary/aromatic N) is 1. The molecule has 2 aromatic rings. The maximum Gasteiger partial charge on any atom is 0.405 e. The number of pyridine rings is 1. The van der Waals surface area contributed by atoms with Crippen molar-refractivity contribution in [3.63, 3.8) is 0 Å². The summed E-state index contributed by atoms with van der Waals surface area (Å²) in [6.45, 7) is 1.72. The predicted molar refractivity (Wildman–Crippen MR) is 74.0 cm³/mol. The Morgan fingerprint density at radius 3 is 2.94 bits per heavy atom. The highest BCUT2D eigenvalue weighted by molar-refractivity contribution is 9.10. The molecule has 0 spiro atoms. The average Bonchev–Trinajstić information content (AvgIpc) is 2.28. The first-order valence-electron chi connectivity index (χ1n) is 5.23. The zero-order valence-corrected chi connectivity index (χ0v) is 11.8. The average molecular weight is 330 g/mol. The zero-order chi connectivity index (χ0) is 13.3. The van der Waals surface area contributed by atoms with Crippen molar-refractivity contribution in [3.8, 4) is 0 Å². The van der Waals surface area contributed by atoms with Gasteiger partial charge in [0.05, 0.1) is 11.6 Å². The molecule has 0 bridgehead atoms. The molecule has 6 heteroatoms. The summed E-state index contributed by atoms with van der Waals surface area (Å²) in [6, 6.07) is 7.10. The molecular weight excluding hydrogens is 320 g/mol. The van der Waals surface area contributed by atoms with Crippen LogP contribution in [0.25, 0.3) is 10.9 Å². The fourth-order valence-electron chi connectivity index (χ4n) is 1.72. The molecule has 0 saturated carbocycles. The molecule has 0 aliphatic rings. The summed E-state index contributed by atoms with van der Waals surface area (Å²) >= 11 is 9.49. The summed E-state index contributed by atoms with van der Waals surface area (Å²) in [6.07, 6.45) is -1.09. The summed E-state index contributed by atoms with van der Waals surface area (Å²) in [5.74, 6) is 0. The standard InChI is InChI=1S/C12H10BrClN2O2/c1-6(15-12(17)18)8-5-7-3-2-4-9(13)10(7)16-11(8)14/h2-6,15H,1H3,(H,17,18). The van der Waals surface area contributed by atoms with E-state index in [1.54, 1.807) is 6.92 Å². The number of para-hydroxylation sites is 1. The lowest BCUT2D eigenvalue weighted by molar-refractivity contribution is 0.191. The van der Waals surface area contributed by atoms with Gasteiger partial charge in [0, 0.05) is 15.4 Å². The number of carbonyl (C=O) groups is 1. The quantitative estimate of drug-likeness (QED) is 0.819. The van der Waals surface area contributed by atoms with Crippen molar-refractivity contribution in [1.29, 1.82) is 0 Å². The van der Waals surface area contributed by atoms with E-state index in [-0.39, 0.29) is 0 Å². The van der Waals surface area contributed by atoms with Crippen LogP contribution < -0.4 is 5.32 Å². The molecule has 0 aliphatic heterocycles. The highest BCUT2D eigenvalue weighted by Gasteiger charge is 2.14. The SMILES string of the molecule is CC(NC(=O)O)c1cc2cccc(Br)c2nc1Cl. The minimum absolute atomic E-state index is 0.302. The molecular formula is C12H10BrClN2O2. The van der Waals surface area contributed by atoms with Gasteiger partial charge in [-0.25, -0.2) is 9.78 Å². The van der Waals surface area contributed by atoms with Crippen LogP contribution in [0.2, 0.25) is 5.15 Å². The Hall–Kier alpha value is -1.33. The minimum Gasteiger partial charge on any atom is -0.465 e. The normalized spacial score (nSPS) is 12.4. The van der Waals surface area contributed by atoms with Crippen molar-refractivity contribution >= 4 is 44.5 Å². The molecule has 2 N–H and O–H groups in total. The fourth-order valence-corrected chi connectivity index (χ4v) is 2.50. The number of fused-ring (bicyclic) bond motifs is 1. The van der Waals surface area contributed by atoms with Gasteiger partial charge in [-0.15, -0.1) is 0 Å². The van der Waals surface area contributed by atoms with Gasteiger partial charge in [0.15, 0.2) is 0 Å². The Balaban J connectivity index is 2.53. The van der Waals surface area contributed by atoms with Crippen LogP contribution in [0.1, 0.15) is 18.5 Å². The molecule has 94 valence electrons. The molecule has 1 atom stereocenters. The third-order valence-corrected chi connectivity index (χ3v) is 3.53. The van der Waals surface area contributed by atoms with Gasteiger partial charge >= 0.3 is 6.09 Å². The predicted octanol–water partition coefficient (Wildman–Crippen LogP) is 3.98. The van der Waals surface area contributed by atoms with Crippen molar-refractivity contribution in [2.24, 2.45) is 0 Å². The van der Waals surface area contributed by atoms with Gasteiger partial charge in [-0.3, -0.25) is 0 Å². The molecule has 1 aromatic heterocycles. The van der Waals surface area contributed by atoms with E-state index in [0.29, 0.717) is 10.7 Å². The number of amides is 1. The summed E-state index contributed by atoms with van der Waals surface area (Å²) < 4.78 is 0.854. The van der Waals surface area contributed by atoms with E-state index in [0.717, 1.165) is 15.4 Å². The molecule has 0 fully saturated rings. The first-order chi connectivity index (χ1) is 8.49. The van der Waals surface area contributed by atoms with Gasteiger partial charge in [0.25, 0.3) is 0 Å². The number of carboxylic acid groups (broad SMARTS) is 1. The second-order valence-corrected chi connectivity index (χ2v) is 5.06. The second-order valence-electron chi connectivity index (χ2n) is 3.85. The third kappa shape index (κ3) is 2.57.